The summed E-state index contributed by atoms with van der Waals surface area (Å²) in [6, 6.07) is 1.57. The lowest BCUT2D eigenvalue weighted by atomic mass is 9.79. The molecule has 0 spiro atoms. The minimum atomic E-state index is -0.392. The van der Waals surface area contributed by atoms with Crippen LogP contribution in [0.4, 0.5) is 0 Å². The van der Waals surface area contributed by atoms with Crippen molar-refractivity contribution in [2.75, 3.05) is 7.11 Å². The first kappa shape index (κ1) is 13.3. The van der Waals surface area contributed by atoms with Crippen molar-refractivity contribution < 1.29 is 4.74 Å². The van der Waals surface area contributed by atoms with Crippen LogP contribution in [0.25, 0.3) is 0 Å². The number of nitrogens with one attached hydrogen (secondary N) is 1. The van der Waals surface area contributed by atoms with Gasteiger partial charge in [-0.25, -0.2) is 4.98 Å². The third-order valence-electron chi connectivity index (χ3n) is 4.06. The first-order valence-corrected chi connectivity index (χ1v) is 6.75. The van der Waals surface area contributed by atoms with Crippen LogP contribution in [-0.2, 0) is 16.8 Å². The Balaban J connectivity index is 2.38. The van der Waals surface area contributed by atoms with Crippen molar-refractivity contribution in [2.45, 2.75) is 51.6 Å². The lowest BCUT2D eigenvalue weighted by Crippen LogP contribution is -2.37. The maximum Gasteiger partial charge on any atom is 0.251 e. The van der Waals surface area contributed by atoms with E-state index in [9.17, 15) is 4.79 Å². The van der Waals surface area contributed by atoms with E-state index >= 15 is 0 Å². The Labute approximate surface area is 108 Å². The predicted octanol–water partition coefficient (Wildman–Crippen LogP) is 2.38. The molecule has 0 atom stereocenters. The number of aryl methyl sites for hydroxylation is 1. The average Bonchev–Trinajstić information content (AvgIpc) is 2.39. The molecule has 1 heterocycles. The molecule has 18 heavy (non-hydrogen) atoms. The van der Waals surface area contributed by atoms with E-state index in [1.807, 2.05) is 6.92 Å². The Hall–Kier alpha value is -1.16. The highest BCUT2D eigenvalue weighted by molar-refractivity contribution is 5.10. The van der Waals surface area contributed by atoms with Gasteiger partial charge in [0.05, 0.1) is 0 Å². The van der Waals surface area contributed by atoms with Gasteiger partial charge in [0.2, 0.25) is 0 Å². The minimum absolute atomic E-state index is 0.0769. The third-order valence-corrected chi connectivity index (χ3v) is 4.06. The number of methoxy groups -OCH3 is 1. The van der Waals surface area contributed by atoms with Gasteiger partial charge in [-0.05, 0) is 38.0 Å². The fourth-order valence-corrected chi connectivity index (χ4v) is 2.67. The Morgan fingerprint density at radius 2 is 2.17 bits per heavy atom. The van der Waals surface area contributed by atoms with Crippen molar-refractivity contribution in [1.29, 1.82) is 0 Å². The molecule has 1 aromatic rings. The van der Waals surface area contributed by atoms with Gasteiger partial charge in [0.25, 0.3) is 5.56 Å². The van der Waals surface area contributed by atoms with Crippen LogP contribution in [0, 0.1) is 5.92 Å². The molecule has 1 fully saturated rings. The lowest BCUT2D eigenvalue weighted by molar-refractivity contribution is -0.0600. The van der Waals surface area contributed by atoms with Crippen molar-refractivity contribution in [1.82, 2.24) is 9.97 Å². The Kier molecular flexibility index (Phi) is 3.85. The summed E-state index contributed by atoms with van der Waals surface area (Å²) in [5.74, 6) is 1.44. The average molecular weight is 250 g/mol. The van der Waals surface area contributed by atoms with Crippen LogP contribution in [-0.4, -0.2) is 17.1 Å². The molecular weight excluding hydrogens is 228 g/mol. The quantitative estimate of drug-likeness (QED) is 0.896. The van der Waals surface area contributed by atoms with Gasteiger partial charge in [-0.2, -0.15) is 0 Å². The maximum absolute atomic E-state index is 11.7. The summed E-state index contributed by atoms with van der Waals surface area (Å²) < 4.78 is 5.74. The number of rotatable bonds is 3. The number of aromatic nitrogens is 2. The van der Waals surface area contributed by atoms with Crippen molar-refractivity contribution in [3.63, 3.8) is 0 Å². The first-order valence-electron chi connectivity index (χ1n) is 6.75. The number of hydrogen-bond acceptors (Lipinski definition) is 3. The normalized spacial score (nSPS) is 28.3. The number of hydrogen-bond donors (Lipinski definition) is 1. The molecule has 2 rings (SSSR count). The zero-order chi connectivity index (χ0) is 13.2. The van der Waals surface area contributed by atoms with Gasteiger partial charge < -0.3 is 9.72 Å². The van der Waals surface area contributed by atoms with Gasteiger partial charge in [0.15, 0.2) is 0 Å². The van der Waals surface area contributed by atoms with E-state index in [2.05, 4.69) is 16.9 Å². The zero-order valence-electron chi connectivity index (χ0n) is 11.5. The van der Waals surface area contributed by atoms with Crippen LogP contribution in [0.5, 0.6) is 0 Å². The van der Waals surface area contributed by atoms with E-state index in [0.717, 1.165) is 43.7 Å². The van der Waals surface area contributed by atoms with Crippen LogP contribution in [0.3, 0.4) is 0 Å². The molecule has 1 aliphatic carbocycles. The molecule has 4 heteroatoms. The van der Waals surface area contributed by atoms with E-state index < -0.39 is 5.60 Å². The Morgan fingerprint density at radius 1 is 1.50 bits per heavy atom. The Morgan fingerprint density at radius 3 is 2.72 bits per heavy atom. The lowest BCUT2D eigenvalue weighted by Gasteiger charge is -2.37. The highest BCUT2D eigenvalue weighted by atomic mass is 16.5. The number of ether oxygens (including phenoxy) is 1. The second-order valence-electron chi connectivity index (χ2n) is 5.32. The molecular formula is C14H22N2O2. The molecule has 1 N–H and O–H groups in total. The summed E-state index contributed by atoms with van der Waals surface area (Å²) in [7, 11) is 1.72. The highest BCUT2D eigenvalue weighted by Gasteiger charge is 2.38. The molecule has 1 aliphatic rings. The van der Waals surface area contributed by atoms with Gasteiger partial charge in [0.1, 0.15) is 11.4 Å². The topological polar surface area (TPSA) is 55.0 Å². The number of H-pyrrole nitrogens is 1. The van der Waals surface area contributed by atoms with Crippen molar-refractivity contribution in [3.8, 4) is 0 Å². The molecule has 0 saturated heterocycles. The number of nitrogens with zero attached hydrogens (tertiary/aromatic N) is 1. The maximum atomic E-state index is 11.7. The van der Waals surface area contributed by atoms with Crippen molar-refractivity contribution in [2.24, 2.45) is 5.92 Å². The fraction of sp³-hybridized carbons (Fsp3) is 0.714. The van der Waals surface area contributed by atoms with E-state index in [0.29, 0.717) is 5.82 Å². The van der Waals surface area contributed by atoms with Crippen LogP contribution in [0.1, 0.15) is 51.0 Å². The van der Waals surface area contributed by atoms with E-state index in [-0.39, 0.29) is 5.56 Å². The minimum Gasteiger partial charge on any atom is -0.370 e. The molecule has 0 amide bonds. The summed E-state index contributed by atoms with van der Waals surface area (Å²) in [5, 5.41) is 0. The van der Waals surface area contributed by atoms with Crippen molar-refractivity contribution in [3.05, 3.63) is 27.9 Å². The van der Waals surface area contributed by atoms with Crippen molar-refractivity contribution >= 4 is 0 Å². The molecule has 0 aromatic carbocycles. The largest absolute Gasteiger partial charge is 0.370 e. The van der Waals surface area contributed by atoms with E-state index in [1.54, 1.807) is 13.2 Å². The molecule has 1 aromatic heterocycles. The second-order valence-corrected chi connectivity index (χ2v) is 5.32. The molecule has 0 aliphatic heterocycles. The van der Waals surface area contributed by atoms with Crippen LogP contribution in [0.15, 0.2) is 10.9 Å². The van der Waals surface area contributed by atoms with Gasteiger partial charge in [0, 0.05) is 18.9 Å². The monoisotopic (exact) mass is 250 g/mol. The summed E-state index contributed by atoms with van der Waals surface area (Å²) in [6.07, 6.45) is 4.87. The van der Waals surface area contributed by atoms with Crippen LogP contribution in [0.2, 0.25) is 0 Å². The first-order chi connectivity index (χ1) is 8.59. The zero-order valence-corrected chi connectivity index (χ0v) is 11.5. The summed E-state index contributed by atoms with van der Waals surface area (Å²) in [6.45, 7) is 4.27. The van der Waals surface area contributed by atoms with Gasteiger partial charge in [-0.3, -0.25) is 4.79 Å². The van der Waals surface area contributed by atoms with Gasteiger partial charge in [-0.15, -0.1) is 0 Å². The highest BCUT2D eigenvalue weighted by Crippen LogP contribution is 2.40. The second kappa shape index (κ2) is 5.22. The fourth-order valence-electron chi connectivity index (χ4n) is 2.67. The van der Waals surface area contributed by atoms with Gasteiger partial charge in [-0.1, -0.05) is 13.8 Å². The third kappa shape index (κ3) is 2.48. The SMILES string of the molecule is CCc1cc(=O)[nH]c(C2(OC)CCC(C)CC2)n1. The molecule has 4 nitrogen and oxygen atoms in total. The smallest absolute Gasteiger partial charge is 0.251 e. The van der Waals surface area contributed by atoms with Crippen LogP contribution < -0.4 is 5.56 Å². The Bertz CT molecular complexity index is 459. The summed E-state index contributed by atoms with van der Waals surface area (Å²) >= 11 is 0. The van der Waals surface area contributed by atoms with Crippen LogP contribution >= 0.6 is 0 Å². The summed E-state index contributed by atoms with van der Waals surface area (Å²) in [5.41, 5.74) is 0.368. The standard InChI is InChI=1S/C14H22N2O2/c1-4-11-9-12(17)16-13(15-11)14(18-3)7-5-10(2)6-8-14/h9-10H,4-8H2,1-3H3,(H,15,16,17). The molecule has 100 valence electrons. The number of aromatic amines is 1. The molecule has 0 bridgehead atoms. The molecule has 1 saturated carbocycles. The van der Waals surface area contributed by atoms with E-state index in [4.69, 9.17) is 4.74 Å². The van der Waals surface area contributed by atoms with E-state index in [1.165, 1.54) is 0 Å². The molecule has 0 unspecified atom stereocenters. The predicted molar refractivity (Wildman–Crippen MR) is 70.6 cm³/mol. The van der Waals surface area contributed by atoms with Gasteiger partial charge >= 0.3 is 0 Å². The summed E-state index contributed by atoms with van der Waals surface area (Å²) in [4.78, 5) is 19.1. The molecule has 0 radical (unpaired) electrons.